The van der Waals surface area contributed by atoms with E-state index in [1.165, 1.54) is 0 Å². The average molecular weight is 361 g/mol. The maximum atomic E-state index is 12.3. The molecule has 1 N–H and O–H groups in total. The van der Waals surface area contributed by atoms with E-state index < -0.39 is 0 Å². The van der Waals surface area contributed by atoms with Crippen LogP contribution in [0, 0.1) is 20.8 Å². The van der Waals surface area contributed by atoms with Gasteiger partial charge in [-0.2, -0.15) is 5.10 Å². The van der Waals surface area contributed by atoms with Gasteiger partial charge in [0.2, 0.25) is 5.91 Å². The first-order chi connectivity index (χ1) is 12.5. The molecule has 0 bridgehead atoms. The van der Waals surface area contributed by atoms with Crippen LogP contribution in [0.5, 0.6) is 0 Å². The first-order valence-electron chi connectivity index (χ1n) is 9.03. The van der Waals surface area contributed by atoms with Gasteiger partial charge in [-0.05, 0) is 32.9 Å². The lowest BCUT2D eigenvalue weighted by atomic mass is 10.1. The van der Waals surface area contributed by atoms with E-state index in [9.17, 15) is 4.79 Å². The minimum Gasteiger partial charge on any atom is -0.465 e. The fourth-order valence-electron chi connectivity index (χ4n) is 3.22. The highest BCUT2D eigenvalue weighted by Crippen LogP contribution is 2.16. The van der Waals surface area contributed by atoms with Crippen molar-refractivity contribution in [3.8, 4) is 0 Å². The van der Waals surface area contributed by atoms with Crippen LogP contribution in [0.1, 0.15) is 29.6 Å². The molecule has 0 radical (unpaired) electrons. The van der Waals surface area contributed by atoms with Crippen LogP contribution in [0.3, 0.4) is 0 Å². The van der Waals surface area contributed by atoms with Gasteiger partial charge in [0.25, 0.3) is 0 Å². The zero-order valence-electron chi connectivity index (χ0n) is 15.7. The second-order valence-electron chi connectivity index (χ2n) is 6.70. The van der Waals surface area contributed by atoms with Crippen LogP contribution in [-0.4, -0.2) is 57.9 Å². The second kappa shape index (κ2) is 8.46. The molecular weight excluding hydrogens is 334 g/mol. The van der Waals surface area contributed by atoms with Crippen molar-refractivity contribution >= 4 is 5.91 Å². The lowest BCUT2D eigenvalue weighted by Gasteiger charge is -2.34. The van der Waals surface area contributed by atoms with Gasteiger partial charge in [-0.3, -0.25) is 9.69 Å². The normalized spacial score (nSPS) is 18.2. The number of nitrogens with one attached hydrogen (secondary N) is 1. The number of ether oxygens (including phenoxy) is 1. The van der Waals surface area contributed by atoms with E-state index >= 15 is 0 Å². The number of nitrogens with zero attached hydrogens (tertiary/aromatic N) is 4. The molecule has 3 heterocycles. The van der Waals surface area contributed by atoms with Gasteiger partial charge in [-0.25, -0.2) is 9.67 Å². The Kier molecular flexibility index (Phi) is 6.05. The number of carbonyl (C=O) groups excluding carboxylic acids is 1. The molecule has 1 aliphatic heterocycles. The van der Waals surface area contributed by atoms with Gasteiger partial charge in [-0.1, -0.05) is 0 Å². The summed E-state index contributed by atoms with van der Waals surface area (Å²) < 4.78 is 13.1. The smallest absolute Gasteiger partial charge is 0.221 e. The summed E-state index contributed by atoms with van der Waals surface area (Å²) in [6.07, 6.45) is 0.412. The van der Waals surface area contributed by atoms with Gasteiger partial charge < -0.3 is 14.5 Å². The van der Waals surface area contributed by atoms with Crippen molar-refractivity contribution < 1.29 is 13.9 Å². The number of aromatic nitrogens is 3. The SMILES string of the molecule is Cc1nc(C)n(CCNC(=O)CC2COCCN2Cc2ccc(C)o2)n1. The Morgan fingerprint density at radius 1 is 1.35 bits per heavy atom. The molecule has 2 aromatic heterocycles. The van der Waals surface area contributed by atoms with E-state index in [1.54, 1.807) is 0 Å². The quantitative estimate of drug-likeness (QED) is 0.798. The predicted octanol–water partition coefficient (Wildman–Crippen LogP) is 1.20. The van der Waals surface area contributed by atoms with E-state index in [0.29, 0.717) is 39.3 Å². The first-order valence-corrected chi connectivity index (χ1v) is 9.03. The van der Waals surface area contributed by atoms with E-state index in [4.69, 9.17) is 9.15 Å². The summed E-state index contributed by atoms with van der Waals surface area (Å²) in [4.78, 5) is 18.8. The van der Waals surface area contributed by atoms with Crippen LogP contribution in [-0.2, 0) is 22.6 Å². The summed E-state index contributed by atoms with van der Waals surface area (Å²) in [7, 11) is 0. The molecule has 0 spiro atoms. The lowest BCUT2D eigenvalue weighted by molar-refractivity contribution is -0.124. The molecule has 1 unspecified atom stereocenters. The van der Waals surface area contributed by atoms with Crippen LogP contribution in [0.2, 0.25) is 0 Å². The molecule has 1 atom stereocenters. The summed E-state index contributed by atoms with van der Waals surface area (Å²) in [5, 5.41) is 7.27. The van der Waals surface area contributed by atoms with Crippen molar-refractivity contribution in [3.63, 3.8) is 0 Å². The van der Waals surface area contributed by atoms with E-state index in [1.807, 2.05) is 37.6 Å². The number of morpholine rings is 1. The number of aryl methyl sites for hydroxylation is 3. The Morgan fingerprint density at radius 2 is 2.19 bits per heavy atom. The number of amides is 1. The number of hydrogen-bond donors (Lipinski definition) is 1. The number of carbonyl (C=O) groups is 1. The van der Waals surface area contributed by atoms with Crippen LogP contribution in [0.15, 0.2) is 16.5 Å². The largest absolute Gasteiger partial charge is 0.465 e. The predicted molar refractivity (Wildman–Crippen MR) is 95.6 cm³/mol. The van der Waals surface area contributed by atoms with Crippen LogP contribution < -0.4 is 5.32 Å². The van der Waals surface area contributed by atoms with Gasteiger partial charge in [-0.15, -0.1) is 0 Å². The highest BCUT2D eigenvalue weighted by molar-refractivity contribution is 5.76. The number of hydrogen-bond acceptors (Lipinski definition) is 6. The Bertz CT molecular complexity index is 739. The molecule has 8 nitrogen and oxygen atoms in total. The lowest BCUT2D eigenvalue weighted by Crippen LogP contribution is -2.47. The minimum absolute atomic E-state index is 0.0237. The maximum Gasteiger partial charge on any atom is 0.221 e. The molecule has 8 heteroatoms. The minimum atomic E-state index is 0.0237. The maximum absolute atomic E-state index is 12.3. The molecule has 142 valence electrons. The zero-order valence-corrected chi connectivity index (χ0v) is 15.7. The highest BCUT2D eigenvalue weighted by Gasteiger charge is 2.26. The van der Waals surface area contributed by atoms with E-state index in [-0.39, 0.29) is 11.9 Å². The second-order valence-corrected chi connectivity index (χ2v) is 6.70. The van der Waals surface area contributed by atoms with E-state index in [2.05, 4.69) is 20.3 Å². The van der Waals surface area contributed by atoms with Crippen LogP contribution >= 0.6 is 0 Å². The van der Waals surface area contributed by atoms with Crippen molar-refractivity contribution in [3.05, 3.63) is 35.3 Å². The molecule has 0 aliphatic carbocycles. The molecule has 2 aromatic rings. The summed E-state index contributed by atoms with van der Waals surface area (Å²) in [5.74, 6) is 3.46. The molecule has 3 rings (SSSR count). The van der Waals surface area contributed by atoms with Crippen molar-refractivity contribution in [2.75, 3.05) is 26.3 Å². The van der Waals surface area contributed by atoms with E-state index in [0.717, 1.165) is 29.7 Å². The van der Waals surface area contributed by atoms with Gasteiger partial charge in [0, 0.05) is 25.6 Å². The Morgan fingerprint density at radius 3 is 2.88 bits per heavy atom. The third kappa shape index (κ3) is 4.92. The highest BCUT2D eigenvalue weighted by atomic mass is 16.5. The third-order valence-electron chi connectivity index (χ3n) is 4.53. The first kappa shape index (κ1) is 18.6. The molecule has 26 heavy (non-hydrogen) atoms. The van der Waals surface area contributed by atoms with Crippen molar-refractivity contribution in [1.82, 2.24) is 25.0 Å². The third-order valence-corrected chi connectivity index (χ3v) is 4.53. The number of furan rings is 1. The summed E-state index contributed by atoms with van der Waals surface area (Å²) >= 11 is 0. The Balaban J connectivity index is 1.47. The van der Waals surface area contributed by atoms with Crippen LogP contribution in [0.4, 0.5) is 0 Å². The summed E-state index contributed by atoms with van der Waals surface area (Å²) in [5.41, 5.74) is 0. The Hall–Kier alpha value is -2.19. The van der Waals surface area contributed by atoms with Gasteiger partial charge in [0.15, 0.2) is 0 Å². The van der Waals surface area contributed by atoms with Crippen LogP contribution in [0.25, 0.3) is 0 Å². The summed E-state index contributed by atoms with van der Waals surface area (Å²) in [6, 6.07) is 4.01. The van der Waals surface area contributed by atoms with Crippen molar-refractivity contribution in [1.29, 1.82) is 0 Å². The zero-order chi connectivity index (χ0) is 18.5. The molecular formula is C18H27N5O3. The molecule has 1 fully saturated rings. The van der Waals surface area contributed by atoms with Gasteiger partial charge in [0.1, 0.15) is 23.2 Å². The van der Waals surface area contributed by atoms with Gasteiger partial charge in [0.05, 0.1) is 26.3 Å². The fraction of sp³-hybridized carbons (Fsp3) is 0.611. The summed E-state index contributed by atoms with van der Waals surface area (Å²) in [6.45, 7) is 9.61. The molecule has 0 saturated carbocycles. The molecule has 0 aromatic carbocycles. The standard InChI is InChI=1S/C18H27N5O3/c1-13-4-5-17(26-13)11-22-8-9-25-12-16(22)10-18(24)19-6-7-23-15(3)20-14(2)21-23/h4-5,16H,6-12H2,1-3H3,(H,19,24). The molecule has 1 amide bonds. The Labute approximate surface area is 153 Å². The average Bonchev–Trinajstić information content (AvgIpc) is 3.14. The topological polar surface area (TPSA) is 85.4 Å². The molecule has 1 aliphatic rings. The number of rotatable bonds is 7. The monoisotopic (exact) mass is 361 g/mol. The van der Waals surface area contributed by atoms with Crippen molar-refractivity contribution in [2.24, 2.45) is 0 Å². The van der Waals surface area contributed by atoms with Gasteiger partial charge >= 0.3 is 0 Å². The van der Waals surface area contributed by atoms with Crippen molar-refractivity contribution in [2.45, 2.75) is 46.3 Å². The fourth-order valence-corrected chi connectivity index (χ4v) is 3.22. The molecule has 1 saturated heterocycles.